The van der Waals surface area contributed by atoms with Gasteiger partial charge in [-0.1, -0.05) is 11.6 Å². The van der Waals surface area contributed by atoms with Crippen LogP contribution < -0.4 is 0 Å². The molecular formula is C9H10ClF3N2O2. The smallest absolute Gasteiger partial charge is 0.390 e. The number of nitrogens with zero attached hydrogens (tertiary/aromatic N) is 2. The Bertz CT molecular complexity index is 403. The Morgan fingerprint density at radius 2 is 2.24 bits per heavy atom. The molecule has 0 aliphatic heterocycles. The lowest BCUT2D eigenvalue weighted by Gasteiger charge is -2.05. The number of aromatic nitrogens is 2. The molecule has 0 N–H and O–H groups in total. The summed E-state index contributed by atoms with van der Waals surface area (Å²) in [5.41, 5.74) is -0.171. The number of halogens is 4. The Hall–Kier alpha value is -1.24. The third kappa shape index (κ3) is 4.26. The Balaban J connectivity index is 2.71. The van der Waals surface area contributed by atoms with E-state index in [1.807, 2.05) is 0 Å². The van der Waals surface area contributed by atoms with Crippen molar-refractivity contribution in [2.24, 2.45) is 0 Å². The van der Waals surface area contributed by atoms with E-state index in [0.29, 0.717) is 0 Å². The van der Waals surface area contributed by atoms with Crippen LogP contribution in [0.3, 0.4) is 0 Å². The summed E-state index contributed by atoms with van der Waals surface area (Å²) >= 11 is 5.66. The Morgan fingerprint density at radius 1 is 1.59 bits per heavy atom. The Labute approximate surface area is 100 Å². The van der Waals surface area contributed by atoms with Gasteiger partial charge in [0.1, 0.15) is 0 Å². The molecule has 0 aliphatic rings. The van der Waals surface area contributed by atoms with Crippen LogP contribution in [0.5, 0.6) is 0 Å². The molecule has 96 valence electrons. The van der Waals surface area contributed by atoms with Crippen LogP contribution in [0.15, 0.2) is 6.20 Å². The van der Waals surface area contributed by atoms with Crippen LogP contribution in [-0.4, -0.2) is 28.5 Å². The molecule has 0 bridgehead atoms. The number of carbonyl (C=O) groups is 1. The number of aryl methyl sites for hydroxylation is 1. The second-order valence-electron chi connectivity index (χ2n) is 3.17. The summed E-state index contributed by atoms with van der Waals surface area (Å²) in [5.74, 6) is -0.747. The van der Waals surface area contributed by atoms with E-state index in [1.54, 1.807) is 6.92 Å². The summed E-state index contributed by atoms with van der Waals surface area (Å²) in [7, 11) is 0. The second-order valence-corrected chi connectivity index (χ2v) is 3.58. The third-order valence-corrected chi connectivity index (χ3v) is 2.09. The highest BCUT2D eigenvalue weighted by molar-refractivity contribution is 6.33. The summed E-state index contributed by atoms with van der Waals surface area (Å²) in [6.45, 7) is 1.36. The minimum absolute atomic E-state index is 0.0226. The quantitative estimate of drug-likeness (QED) is 0.790. The van der Waals surface area contributed by atoms with Crippen molar-refractivity contribution in [3.63, 3.8) is 0 Å². The van der Waals surface area contributed by atoms with Gasteiger partial charge < -0.3 is 4.74 Å². The van der Waals surface area contributed by atoms with E-state index in [1.165, 1.54) is 6.20 Å². The molecule has 8 heteroatoms. The molecule has 0 unspecified atom stereocenters. The van der Waals surface area contributed by atoms with Crippen LogP contribution in [0.2, 0.25) is 5.02 Å². The van der Waals surface area contributed by atoms with Crippen LogP contribution in [-0.2, 0) is 11.3 Å². The zero-order chi connectivity index (χ0) is 13.1. The van der Waals surface area contributed by atoms with Gasteiger partial charge in [-0.3, -0.25) is 4.68 Å². The number of ether oxygens (including phenoxy) is 1. The van der Waals surface area contributed by atoms with Crippen LogP contribution >= 0.6 is 11.6 Å². The van der Waals surface area contributed by atoms with Crippen molar-refractivity contribution >= 4 is 17.6 Å². The van der Waals surface area contributed by atoms with Gasteiger partial charge in [0.2, 0.25) is 0 Å². The first kappa shape index (κ1) is 13.8. The van der Waals surface area contributed by atoms with Gasteiger partial charge in [-0.25, -0.2) is 4.79 Å². The van der Waals surface area contributed by atoms with Crippen molar-refractivity contribution in [1.29, 1.82) is 0 Å². The number of rotatable bonds is 4. The Morgan fingerprint density at radius 3 is 2.76 bits per heavy atom. The fraction of sp³-hybridized carbons (Fsp3) is 0.556. The molecule has 0 radical (unpaired) electrons. The zero-order valence-electron chi connectivity index (χ0n) is 8.92. The molecule has 0 aromatic carbocycles. The van der Waals surface area contributed by atoms with Crippen molar-refractivity contribution in [2.75, 3.05) is 6.61 Å². The highest BCUT2D eigenvalue weighted by Gasteiger charge is 2.27. The maximum absolute atomic E-state index is 12.0. The molecule has 1 aromatic rings. The monoisotopic (exact) mass is 270 g/mol. The van der Waals surface area contributed by atoms with E-state index in [9.17, 15) is 18.0 Å². The fourth-order valence-corrected chi connectivity index (χ4v) is 1.32. The van der Waals surface area contributed by atoms with Gasteiger partial charge >= 0.3 is 12.1 Å². The van der Waals surface area contributed by atoms with Gasteiger partial charge in [0.25, 0.3) is 0 Å². The number of carbonyl (C=O) groups excluding carboxylic acids is 1. The van der Waals surface area contributed by atoms with Crippen LogP contribution in [0.1, 0.15) is 23.8 Å². The maximum Gasteiger partial charge on any atom is 0.390 e. The summed E-state index contributed by atoms with van der Waals surface area (Å²) in [5, 5.41) is 3.62. The first-order valence-electron chi connectivity index (χ1n) is 4.80. The first-order valence-corrected chi connectivity index (χ1v) is 5.18. The molecule has 0 spiro atoms. The minimum Gasteiger partial charge on any atom is -0.461 e. The van der Waals surface area contributed by atoms with Crippen molar-refractivity contribution in [2.45, 2.75) is 26.1 Å². The molecule has 1 rings (SSSR count). The maximum atomic E-state index is 12.0. The molecular weight excluding hydrogens is 261 g/mol. The van der Waals surface area contributed by atoms with E-state index < -0.39 is 18.6 Å². The molecule has 17 heavy (non-hydrogen) atoms. The van der Waals surface area contributed by atoms with Gasteiger partial charge in [0.05, 0.1) is 18.1 Å². The van der Waals surface area contributed by atoms with E-state index >= 15 is 0 Å². The second kappa shape index (κ2) is 5.39. The zero-order valence-corrected chi connectivity index (χ0v) is 9.68. The summed E-state index contributed by atoms with van der Waals surface area (Å²) in [6.07, 6.45) is -4.14. The highest BCUT2D eigenvalue weighted by atomic mass is 35.5. The van der Waals surface area contributed by atoms with Gasteiger partial charge in [-0.2, -0.15) is 18.3 Å². The molecule has 0 saturated heterocycles. The fourth-order valence-electron chi connectivity index (χ4n) is 1.09. The first-order chi connectivity index (χ1) is 7.83. The van der Waals surface area contributed by atoms with Gasteiger partial charge in [0.15, 0.2) is 5.69 Å². The lowest BCUT2D eigenvalue weighted by molar-refractivity contribution is -0.137. The van der Waals surface area contributed by atoms with E-state index in [-0.39, 0.29) is 23.9 Å². The molecule has 4 nitrogen and oxygen atoms in total. The standard InChI is InChI=1S/C9H10ClF3N2O2/c1-2-17-8(16)7-6(10)5-15(14-7)4-3-9(11,12)13/h5H,2-4H2,1H3. The lowest BCUT2D eigenvalue weighted by Crippen LogP contribution is -2.13. The lowest BCUT2D eigenvalue weighted by atomic mass is 10.4. The average molecular weight is 271 g/mol. The van der Waals surface area contributed by atoms with E-state index in [4.69, 9.17) is 11.6 Å². The Kier molecular flexibility index (Phi) is 4.39. The number of hydrogen-bond donors (Lipinski definition) is 0. The predicted molar refractivity (Wildman–Crippen MR) is 53.9 cm³/mol. The molecule has 0 amide bonds. The topological polar surface area (TPSA) is 44.1 Å². The molecule has 0 saturated carbocycles. The van der Waals surface area contributed by atoms with Crippen LogP contribution in [0, 0.1) is 0 Å². The van der Waals surface area contributed by atoms with Gasteiger partial charge in [-0.05, 0) is 6.92 Å². The number of esters is 1. The van der Waals surface area contributed by atoms with Crippen molar-refractivity contribution < 1.29 is 22.7 Å². The van der Waals surface area contributed by atoms with Gasteiger partial charge in [0, 0.05) is 12.7 Å². The molecule has 0 atom stereocenters. The average Bonchev–Trinajstić information content (AvgIpc) is 2.56. The van der Waals surface area contributed by atoms with E-state index in [2.05, 4.69) is 9.84 Å². The molecule has 1 aromatic heterocycles. The molecule has 0 aliphatic carbocycles. The minimum atomic E-state index is -4.28. The van der Waals surface area contributed by atoms with Gasteiger partial charge in [-0.15, -0.1) is 0 Å². The molecule has 0 fully saturated rings. The number of hydrogen-bond acceptors (Lipinski definition) is 3. The highest BCUT2D eigenvalue weighted by Crippen LogP contribution is 2.21. The normalized spacial score (nSPS) is 11.6. The largest absolute Gasteiger partial charge is 0.461 e. The molecule has 1 heterocycles. The van der Waals surface area contributed by atoms with Crippen molar-refractivity contribution in [3.8, 4) is 0 Å². The van der Waals surface area contributed by atoms with Crippen molar-refractivity contribution in [1.82, 2.24) is 9.78 Å². The number of alkyl halides is 3. The van der Waals surface area contributed by atoms with E-state index in [0.717, 1.165) is 4.68 Å². The predicted octanol–water partition coefficient (Wildman–Crippen LogP) is 2.67. The SMILES string of the molecule is CCOC(=O)c1nn(CCC(F)(F)F)cc1Cl. The van der Waals surface area contributed by atoms with Crippen molar-refractivity contribution in [3.05, 3.63) is 16.9 Å². The summed E-state index contributed by atoms with van der Waals surface area (Å²) < 4.78 is 41.5. The summed E-state index contributed by atoms with van der Waals surface area (Å²) in [6, 6.07) is 0. The van der Waals surface area contributed by atoms with Crippen LogP contribution in [0.25, 0.3) is 0 Å². The summed E-state index contributed by atoms with van der Waals surface area (Å²) in [4.78, 5) is 11.3. The van der Waals surface area contributed by atoms with Crippen LogP contribution in [0.4, 0.5) is 13.2 Å². The third-order valence-electron chi connectivity index (χ3n) is 1.81.